The summed E-state index contributed by atoms with van der Waals surface area (Å²) in [7, 11) is -2.99. The number of fused-ring (bicyclic) bond motifs is 1. The third-order valence-corrected chi connectivity index (χ3v) is 10.7. The summed E-state index contributed by atoms with van der Waals surface area (Å²) in [5, 5.41) is 15.9. The first kappa shape index (κ1) is 22.8. The lowest BCUT2D eigenvalue weighted by atomic mass is 9.94. The topological polar surface area (TPSA) is 33.0 Å². The second kappa shape index (κ2) is 10.1. The van der Waals surface area contributed by atoms with Crippen LogP contribution in [0.1, 0.15) is 18.6 Å². The molecule has 5 aromatic carbocycles. The smallest absolute Gasteiger partial charge is 0.288 e. The van der Waals surface area contributed by atoms with Crippen molar-refractivity contribution in [2.75, 3.05) is 0 Å². The van der Waals surface area contributed by atoms with E-state index < -0.39 is 14.4 Å². The molecular formula is C32H27NOSi. The van der Waals surface area contributed by atoms with E-state index in [9.17, 15) is 5.26 Å². The molecule has 0 amide bonds. The summed E-state index contributed by atoms with van der Waals surface area (Å²) in [5.74, 6) is -0.344. The number of benzene rings is 5. The Balaban J connectivity index is 1.80. The van der Waals surface area contributed by atoms with E-state index in [1.54, 1.807) is 0 Å². The van der Waals surface area contributed by atoms with Gasteiger partial charge >= 0.3 is 0 Å². The largest absolute Gasteiger partial charge is 0.396 e. The van der Waals surface area contributed by atoms with Crippen LogP contribution in [0.4, 0.5) is 0 Å². The third kappa shape index (κ3) is 4.30. The number of nitrogens with zero attached hydrogens (tertiary/aromatic N) is 1. The molecule has 0 N–H and O–H groups in total. The highest BCUT2D eigenvalue weighted by Gasteiger charge is 2.45. The number of hydrogen-bond acceptors (Lipinski definition) is 2. The number of nitriles is 1. The maximum atomic E-state index is 10.1. The van der Waals surface area contributed by atoms with Crippen LogP contribution in [-0.4, -0.2) is 8.32 Å². The molecule has 0 fully saturated rings. The summed E-state index contributed by atoms with van der Waals surface area (Å²) in [6.07, 6.45) is -0.404. The van der Waals surface area contributed by atoms with E-state index in [2.05, 4.69) is 115 Å². The molecule has 170 valence electrons. The van der Waals surface area contributed by atoms with Gasteiger partial charge in [-0.15, -0.1) is 0 Å². The van der Waals surface area contributed by atoms with Crippen molar-refractivity contribution >= 4 is 34.7 Å². The third-order valence-electron chi connectivity index (χ3n) is 6.63. The van der Waals surface area contributed by atoms with Crippen LogP contribution in [0.5, 0.6) is 0 Å². The SMILES string of the molecule is C[C@@H](C#N)[C@@H](O[Si](c1ccccc1)(c1ccccc1)c1ccccc1)c1cccc2ccccc12. The van der Waals surface area contributed by atoms with Crippen LogP contribution in [0.15, 0.2) is 133 Å². The average molecular weight is 470 g/mol. The normalized spacial score (nSPS) is 13.1. The lowest BCUT2D eigenvalue weighted by Crippen LogP contribution is -2.69. The Kier molecular flexibility index (Phi) is 6.59. The van der Waals surface area contributed by atoms with Gasteiger partial charge in [0.1, 0.15) is 0 Å². The zero-order valence-electron chi connectivity index (χ0n) is 19.7. The van der Waals surface area contributed by atoms with Crippen LogP contribution in [0.25, 0.3) is 10.8 Å². The Morgan fingerprint density at radius 1 is 0.600 bits per heavy atom. The fraction of sp³-hybridized carbons (Fsp3) is 0.0938. The minimum atomic E-state index is -2.99. The molecular weight excluding hydrogens is 442 g/mol. The van der Waals surface area contributed by atoms with E-state index >= 15 is 0 Å². The highest BCUT2D eigenvalue weighted by Crippen LogP contribution is 2.34. The van der Waals surface area contributed by atoms with Crippen molar-refractivity contribution < 1.29 is 4.43 Å². The standard InChI is InChI=1S/C32H27NOSi/c1-25(24-33)32(31-23-13-15-26-14-11-12-22-30(26)31)34-35(27-16-5-2-6-17-27,28-18-7-3-8-19-28)29-20-9-4-10-21-29/h2-23,25,32H,1H3/t25-,32+/m0/s1. The van der Waals surface area contributed by atoms with Gasteiger partial charge in [0.05, 0.1) is 18.1 Å². The minimum Gasteiger partial charge on any atom is -0.396 e. The minimum absolute atomic E-state index is 0.344. The van der Waals surface area contributed by atoms with Gasteiger partial charge in [0, 0.05) is 0 Å². The highest BCUT2D eigenvalue weighted by molar-refractivity contribution is 7.07. The fourth-order valence-corrected chi connectivity index (χ4v) is 9.02. The molecule has 0 aliphatic carbocycles. The van der Waals surface area contributed by atoms with E-state index in [1.165, 1.54) is 0 Å². The van der Waals surface area contributed by atoms with Crippen molar-refractivity contribution in [1.82, 2.24) is 0 Å². The van der Waals surface area contributed by atoms with Crippen LogP contribution in [0.2, 0.25) is 0 Å². The summed E-state index contributed by atoms with van der Waals surface area (Å²) in [6, 6.07) is 48.7. The average Bonchev–Trinajstić information content (AvgIpc) is 2.95. The Hall–Kier alpha value is -3.97. The molecule has 3 heteroatoms. The molecule has 0 radical (unpaired) electrons. The summed E-state index contributed by atoms with van der Waals surface area (Å²) >= 11 is 0. The van der Waals surface area contributed by atoms with Gasteiger partial charge in [-0.05, 0) is 38.8 Å². The molecule has 0 aliphatic rings. The van der Waals surface area contributed by atoms with Gasteiger partial charge in [-0.2, -0.15) is 5.26 Å². The van der Waals surface area contributed by atoms with E-state index in [1.807, 2.05) is 31.2 Å². The molecule has 5 rings (SSSR count). The molecule has 5 aromatic rings. The maximum absolute atomic E-state index is 10.1. The summed E-state index contributed by atoms with van der Waals surface area (Å²) in [4.78, 5) is 0. The lowest BCUT2D eigenvalue weighted by Gasteiger charge is -2.38. The molecule has 0 bridgehead atoms. The van der Waals surface area contributed by atoms with Gasteiger partial charge < -0.3 is 4.43 Å². The van der Waals surface area contributed by atoms with E-state index in [0.29, 0.717) is 0 Å². The quantitative estimate of drug-likeness (QED) is 0.225. The van der Waals surface area contributed by atoms with E-state index in [0.717, 1.165) is 31.9 Å². The van der Waals surface area contributed by atoms with Crippen molar-refractivity contribution in [3.05, 3.63) is 139 Å². The predicted molar refractivity (Wildman–Crippen MR) is 147 cm³/mol. The van der Waals surface area contributed by atoms with Crippen LogP contribution >= 0.6 is 0 Å². The maximum Gasteiger partial charge on any atom is 0.288 e. The van der Waals surface area contributed by atoms with Gasteiger partial charge in [-0.1, -0.05) is 133 Å². The zero-order valence-corrected chi connectivity index (χ0v) is 20.7. The van der Waals surface area contributed by atoms with Gasteiger partial charge in [0.15, 0.2) is 0 Å². The molecule has 0 aliphatic heterocycles. The summed E-state index contributed by atoms with van der Waals surface area (Å²) in [5.41, 5.74) is 1.05. The van der Waals surface area contributed by atoms with Crippen molar-refractivity contribution in [1.29, 1.82) is 5.26 Å². The van der Waals surface area contributed by atoms with Gasteiger partial charge in [0.25, 0.3) is 8.32 Å². The Morgan fingerprint density at radius 2 is 1.06 bits per heavy atom. The Morgan fingerprint density at radius 3 is 1.57 bits per heavy atom. The molecule has 2 atom stereocenters. The number of rotatable bonds is 7. The van der Waals surface area contributed by atoms with E-state index in [-0.39, 0.29) is 5.92 Å². The molecule has 0 unspecified atom stereocenters. The predicted octanol–water partition coefficient (Wildman–Crippen LogP) is 5.72. The molecule has 0 aromatic heterocycles. The molecule has 0 saturated heterocycles. The Labute approximate surface area is 208 Å². The van der Waals surface area contributed by atoms with Crippen LogP contribution in [0.3, 0.4) is 0 Å². The van der Waals surface area contributed by atoms with Crippen molar-refractivity contribution in [2.24, 2.45) is 5.92 Å². The summed E-state index contributed by atoms with van der Waals surface area (Å²) in [6.45, 7) is 1.96. The fourth-order valence-electron chi connectivity index (χ4n) is 4.91. The molecule has 0 saturated carbocycles. The second-order valence-electron chi connectivity index (χ2n) is 8.80. The highest BCUT2D eigenvalue weighted by atomic mass is 28.4. The van der Waals surface area contributed by atoms with Gasteiger partial charge in [0.2, 0.25) is 0 Å². The second-order valence-corrected chi connectivity index (χ2v) is 12.1. The first-order valence-electron chi connectivity index (χ1n) is 12.0. The van der Waals surface area contributed by atoms with Gasteiger partial charge in [-0.25, -0.2) is 0 Å². The zero-order chi connectivity index (χ0) is 24.1. The first-order chi connectivity index (χ1) is 17.2. The molecule has 2 nitrogen and oxygen atoms in total. The van der Waals surface area contributed by atoms with Crippen molar-refractivity contribution in [3.63, 3.8) is 0 Å². The molecule has 0 heterocycles. The molecule has 35 heavy (non-hydrogen) atoms. The summed E-state index contributed by atoms with van der Waals surface area (Å²) < 4.78 is 7.46. The van der Waals surface area contributed by atoms with Crippen molar-refractivity contribution in [3.8, 4) is 6.07 Å². The van der Waals surface area contributed by atoms with Crippen LogP contribution in [-0.2, 0) is 4.43 Å². The van der Waals surface area contributed by atoms with Crippen molar-refractivity contribution in [2.45, 2.75) is 13.0 Å². The van der Waals surface area contributed by atoms with Gasteiger partial charge in [-0.3, -0.25) is 0 Å². The Bertz CT molecular complexity index is 1340. The van der Waals surface area contributed by atoms with Crippen LogP contribution < -0.4 is 15.6 Å². The van der Waals surface area contributed by atoms with E-state index in [4.69, 9.17) is 4.43 Å². The monoisotopic (exact) mass is 469 g/mol. The van der Waals surface area contributed by atoms with Crippen LogP contribution in [0, 0.1) is 17.2 Å². The first-order valence-corrected chi connectivity index (χ1v) is 13.9. The number of hydrogen-bond donors (Lipinski definition) is 0. The lowest BCUT2D eigenvalue weighted by molar-refractivity contribution is 0.171. The molecule has 0 spiro atoms.